The second-order valence-electron chi connectivity index (χ2n) is 4.77. The van der Waals surface area contributed by atoms with E-state index in [1.807, 2.05) is 12.1 Å². The molecule has 1 aromatic heterocycles. The number of rotatable bonds is 6. The van der Waals surface area contributed by atoms with Gasteiger partial charge >= 0.3 is 0 Å². The van der Waals surface area contributed by atoms with Gasteiger partial charge in [0.2, 0.25) is 0 Å². The molecule has 2 rings (SSSR count). The van der Waals surface area contributed by atoms with Gasteiger partial charge in [0.05, 0.1) is 12.8 Å². The molecule has 6 nitrogen and oxygen atoms in total. The first-order chi connectivity index (χ1) is 10.6. The Hall–Kier alpha value is -2.63. The number of nitrogens with zero attached hydrogens (tertiary/aromatic N) is 2. The first kappa shape index (κ1) is 15.8. The molecule has 1 heterocycles. The van der Waals surface area contributed by atoms with Crippen molar-refractivity contribution in [2.24, 2.45) is 0 Å². The number of amides is 1. The highest BCUT2D eigenvalue weighted by Gasteiger charge is 2.12. The molecule has 0 unspecified atom stereocenters. The van der Waals surface area contributed by atoms with E-state index in [0.29, 0.717) is 28.8 Å². The molecule has 2 aromatic rings. The molecule has 0 atom stereocenters. The molecule has 0 aliphatic heterocycles. The molecule has 1 aromatic carbocycles. The van der Waals surface area contributed by atoms with Crippen molar-refractivity contribution >= 4 is 17.4 Å². The standard InChI is InChI=1S/C16H20N4O2/c1-4-9-17-15-10-13(18-11(2)19-15)16(21)20-12-7-5-6-8-14(12)22-3/h5-8,10H,4,9H2,1-3H3,(H,20,21)(H,17,18,19). The molecule has 0 aliphatic rings. The van der Waals surface area contributed by atoms with Crippen LogP contribution < -0.4 is 15.4 Å². The maximum Gasteiger partial charge on any atom is 0.274 e. The Morgan fingerprint density at radius 1 is 1.27 bits per heavy atom. The van der Waals surface area contributed by atoms with Crippen molar-refractivity contribution in [2.75, 3.05) is 24.3 Å². The van der Waals surface area contributed by atoms with Gasteiger partial charge in [-0.05, 0) is 25.5 Å². The summed E-state index contributed by atoms with van der Waals surface area (Å²) in [5, 5.41) is 5.97. The van der Waals surface area contributed by atoms with Crippen molar-refractivity contribution < 1.29 is 9.53 Å². The summed E-state index contributed by atoms with van der Waals surface area (Å²) in [7, 11) is 1.56. The predicted molar refractivity (Wildman–Crippen MR) is 86.5 cm³/mol. The van der Waals surface area contributed by atoms with Crippen LogP contribution in [-0.4, -0.2) is 29.5 Å². The zero-order chi connectivity index (χ0) is 15.9. The second-order valence-corrected chi connectivity index (χ2v) is 4.77. The number of nitrogens with one attached hydrogen (secondary N) is 2. The lowest BCUT2D eigenvalue weighted by Gasteiger charge is -2.11. The van der Waals surface area contributed by atoms with Gasteiger partial charge in [-0.15, -0.1) is 0 Å². The van der Waals surface area contributed by atoms with Crippen molar-refractivity contribution in [2.45, 2.75) is 20.3 Å². The Morgan fingerprint density at radius 3 is 2.77 bits per heavy atom. The summed E-state index contributed by atoms with van der Waals surface area (Å²) >= 11 is 0. The average Bonchev–Trinajstić information content (AvgIpc) is 2.53. The lowest BCUT2D eigenvalue weighted by atomic mass is 10.2. The first-order valence-electron chi connectivity index (χ1n) is 7.18. The Kier molecular flexibility index (Phi) is 5.30. The Morgan fingerprint density at radius 2 is 2.05 bits per heavy atom. The normalized spacial score (nSPS) is 10.1. The van der Waals surface area contributed by atoms with Gasteiger partial charge in [-0.25, -0.2) is 9.97 Å². The zero-order valence-corrected chi connectivity index (χ0v) is 13.0. The van der Waals surface area contributed by atoms with Gasteiger partial charge in [-0.3, -0.25) is 4.79 Å². The third kappa shape index (κ3) is 3.94. The molecule has 0 bridgehead atoms. The summed E-state index contributed by atoms with van der Waals surface area (Å²) in [4.78, 5) is 20.8. The molecule has 1 amide bonds. The average molecular weight is 300 g/mol. The molecular formula is C16H20N4O2. The highest BCUT2D eigenvalue weighted by molar-refractivity contribution is 6.04. The van der Waals surface area contributed by atoms with Crippen LogP contribution in [0.25, 0.3) is 0 Å². The molecule has 116 valence electrons. The van der Waals surface area contributed by atoms with E-state index in [2.05, 4.69) is 27.5 Å². The number of hydrogen-bond donors (Lipinski definition) is 2. The number of aryl methyl sites for hydroxylation is 1. The number of aromatic nitrogens is 2. The molecule has 0 fully saturated rings. The fraction of sp³-hybridized carbons (Fsp3) is 0.312. The van der Waals surface area contributed by atoms with E-state index in [0.717, 1.165) is 13.0 Å². The van der Waals surface area contributed by atoms with Crippen LogP contribution >= 0.6 is 0 Å². The molecule has 0 saturated heterocycles. The minimum atomic E-state index is -0.297. The minimum absolute atomic E-state index is 0.297. The van der Waals surface area contributed by atoms with Gasteiger partial charge < -0.3 is 15.4 Å². The van der Waals surface area contributed by atoms with Gasteiger partial charge in [-0.2, -0.15) is 0 Å². The van der Waals surface area contributed by atoms with Crippen molar-refractivity contribution in [3.8, 4) is 5.75 Å². The van der Waals surface area contributed by atoms with Crippen LogP contribution in [0.5, 0.6) is 5.75 Å². The van der Waals surface area contributed by atoms with Crippen LogP contribution in [0.3, 0.4) is 0 Å². The number of carbonyl (C=O) groups excluding carboxylic acids is 1. The Bertz CT molecular complexity index is 658. The van der Waals surface area contributed by atoms with Crippen LogP contribution in [0.2, 0.25) is 0 Å². The molecule has 2 N–H and O–H groups in total. The van der Waals surface area contributed by atoms with Crippen LogP contribution in [0, 0.1) is 6.92 Å². The Labute approximate surface area is 129 Å². The summed E-state index contributed by atoms with van der Waals surface area (Å²) in [6, 6.07) is 8.89. The summed E-state index contributed by atoms with van der Waals surface area (Å²) in [5.41, 5.74) is 0.923. The van der Waals surface area contributed by atoms with Crippen molar-refractivity contribution in [1.29, 1.82) is 0 Å². The van der Waals surface area contributed by atoms with Gasteiger partial charge in [-0.1, -0.05) is 19.1 Å². The highest BCUT2D eigenvalue weighted by Crippen LogP contribution is 2.23. The minimum Gasteiger partial charge on any atom is -0.495 e. The quantitative estimate of drug-likeness (QED) is 0.858. The van der Waals surface area contributed by atoms with Crippen molar-refractivity contribution in [3.05, 3.63) is 41.9 Å². The summed E-state index contributed by atoms with van der Waals surface area (Å²) < 4.78 is 5.22. The largest absolute Gasteiger partial charge is 0.495 e. The maximum absolute atomic E-state index is 12.4. The zero-order valence-electron chi connectivity index (χ0n) is 13.0. The second kappa shape index (κ2) is 7.40. The summed E-state index contributed by atoms with van der Waals surface area (Å²) in [6.07, 6.45) is 0.978. The van der Waals surface area contributed by atoms with E-state index in [-0.39, 0.29) is 5.91 Å². The molecule has 0 aliphatic carbocycles. The molecule has 22 heavy (non-hydrogen) atoms. The molecule has 0 spiro atoms. The van der Waals surface area contributed by atoms with Crippen LogP contribution in [0.15, 0.2) is 30.3 Å². The highest BCUT2D eigenvalue weighted by atomic mass is 16.5. The monoisotopic (exact) mass is 300 g/mol. The van der Waals surface area contributed by atoms with E-state index in [4.69, 9.17) is 4.74 Å². The lowest BCUT2D eigenvalue weighted by Crippen LogP contribution is -2.16. The molecule has 0 radical (unpaired) electrons. The molecule has 6 heteroatoms. The van der Waals surface area contributed by atoms with Crippen molar-refractivity contribution in [3.63, 3.8) is 0 Å². The first-order valence-corrected chi connectivity index (χ1v) is 7.18. The number of methoxy groups -OCH3 is 1. The topological polar surface area (TPSA) is 76.1 Å². The van der Waals surface area contributed by atoms with Crippen LogP contribution in [0.4, 0.5) is 11.5 Å². The van der Waals surface area contributed by atoms with E-state index < -0.39 is 0 Å². The fourth-order valence-corrected chi connectivity index (χ4v) is 1.96. The van der Waals surface area contributed by atoms with Crippen molar-refractivity contribution in [1.82, 2.24) is 9.97 Å². The summed E-state index contributed by atoms with van der Waals surface area (Å²) in [5.74, 6) is 1.51. The van der Waals surface area contributed by atoms with E-state index in [9.17, 15) is 4.79 Å². The number of carbonyl (C=O) groups is 1. The third-order valence-electron chi connectivity index (χ3n) is 2.98. The lowest BCUT2D eigenvalue weighted by molar-refractivity contribution is 0.102. The van der Waals surface area contributed by atoms with Gasteiger partial charge in [0, 0.05) is 12.6 Å². The molecule has 0 saturated carbocycles. The number of ether oxygens (including phenoxy) is 1. The number of para-hydroxylation sites is 2. The van der Waals surface area contributed by atoms with Gasteiger partial charge in [0.1, 0.15) is 23.1 Å². The Balaban J connectivity index is 2.20. The SMILES string of the molecule is CCCNc1cc(C(=O)Nc2ccccc2OC)nc(C)n1. The van der Waals surface area contributed by atoms with Crippen LogP contribution in [0.1, 0.15) is 29.7 Å². The van der Waals surface area contributed by atoms with E-state index in [1.54, 1.807) is 32.2 Å². The predicted octanol–water partition coefficient (Wildman–Crippen LogP) is 2.87. The van der Waals surface area contributed by atoms with Crippen LogP contribution in [-0.2, 0) is 0 Å². The number of anilines is 2. The third-order valence-corrected chi connectivity index (χ3v) is 2.98. The fourth-order valence-electron chi connectivity index (χ4n) is 1.96. The van der Waals surface area contributed by atoms with E-state index in [1.165, 1.54) is 0 Å². The van der Waals surface area contributed by atoms with Gasteiger partial charge in [0.25, 0.3) is 5.91 Å². The maximum atomic E-state index is 12.4. The summed E-state index contributed by atoms with van der Waals surface area (Å²) in [6.45, 7) is 4.62. The van der Waals surface area contributed by atoms with E-state index >= 15 is 0 Å². The smallest absolute Gasteiger partial charge is 0.274 e. The number of hydrogen-bond acceptors (Lipinski definition) is 5. The molecular weight excluding hydrogens is 280 g/mol. The number of benzene rings is 1. The van der Waals surface area contributed by atoms with Gasteiger partial charge in [0.15, 0.2) is 0 Å².